The van der Waals surface area contributed by atoms with Gasteiger partial charge in [-0.15, -0.1) is 0 Å². The average Bonchev–Trinajstić information content (AvgIpc) is 3.18. The number of nitrogens with one attached hydrogen (secondary N) is 2. The second kappa shape index (κ2) is 8.08. The number of anilines is 1. The summed E-state index contributed by atoms with van der Waals surface area (Å²) in [5, 5.41) is 4.29. The lowest BCUT2D eigenvalue weighted by Gasteiger charge is -2.36. The van der Waals surface area contributed by atoms with E-state index in [0.717, 1.165) is 45.6 Å². The Kier molecular flexibility index (Phi) is 5.10. The molecule has 32 heavy (non-hydrogen) atoms. The van der Waals surface area contributed by atoms with Gasteiger partial charge in [-0.3, -0.25) is 0 Å². The maximum absolute atomic E-state index is 13.5. The molecule has 0 spiro atoms. The molecular weight excluding hydrogens is 398 g/mol. The minimum absolute atomic E-state index is 0.0910. The number of carbonyl (C=O) groups excluding carboxylic acids is 1. The Bertz CT molecular complexity index is 1290. The van der Waals surface area contributed by atoms with E-state index in [-0.39, 0.29) is 12.1 Å². The van der Waals surface area contributed by atoms with Gasteiger partial charge in [0.25, 0.3) is 0 Å². The van der Waals surface area contributed by atoms with Crippen molar-refractivity contribution in [3.8, 4) is 5.75 Å². The number of para-hydroxylation sites is 1. The second-order valence-corrected chi connectivity index (χ2v) is 8.43. The minimum Gasteiger partial charge on any atom is -0.497 e. The number of ether oxygens (including phenoxy) is 1. The van der Waals surface area contributed by atoms with Crippen LogP contribution in [0.1, 0.15) is 34.0 Å². The van der Waals surface area contributed by atoms with Crippen LogP contribution in [0.2, 0.25) is 0 Å². The number of amides is 2. The lowest BCUT2D eigenvalue weighted by molar-refractivity contribution is 0.193. The number of methoxy groups -OCH3 is 1. The van der Waals surface area contributed by atoms with Gasteiger partial charge in [0.1, 0.15) is 5.75 Å². The van der Waals surface area contributed by atoms with E-state index >= 15 is 0 Å². The van der Waals surface area contributed by atoms with Gasteiger partial charge in [-0.1, -0.05) is 48.0 Å². The molecule has 0 bridgehead atoms. The molecule has 2 amide bonds. The molecule has 5 rings (SSSR count). The van der Waals surface area contributed by atoms with Crippen molar-refractivity contribution in [2.24, 2.45) is 0 Å². The number of H-pyrrole nitrogens is 1. The van der Waals surface area contributed by atoms with Crippen LogP contribution in [-0.4, -0.2) is 29.6 Å². The van der Waals surface area contributed by atoms with Crippen LogP contribution in [0, 0.1) is 13.8 Å². The van der Waals surface area contributed by atoms with Gasteiger partial charge in [-0.05, 0) is 61.2 Å². The summed E-state index contributed by atoms with van der Waals surface area (Å²) in [5.74, 6) is 0.839. The summed E-state index contributed by atoms with van der Waals surface area (Å²) in [6.45, 7) is 4.72. The first kappa shape index (κ1) is 20.2. The van der Waals surface area contributed by atoms with Crippen LogP contribution >= 0.6 is 0 Å². The third-order valence-electron chi connectivity index (χ3n) is 6.37. The lowest BCUT2D eigenvalue weighted by atomic mass is 9.92. The molecule has 1 aliphatic rings. The number of fused-ring (bicyclic) bond motifs is 3. The highest BCUT2D eigenvalue weighted by atomic mass is 16.5. The van der Waals surface area contributed by atoms with Crippen LogP contribution in [0.4, 0.5) is 10.5 Å². The van der Waals surface area contributed by atoms with Gasteiger partial charge < -0.3 is 19.9 Å². The molecule has 1 aliphatic heterocycles. The predicted molar refractivity (Wildman–Crippen MR) is 128 cm³/mol. The third kappa shape index (κ3) is 3.50. The molecule has 0 aliphatic carbocycles. The zero-order chi connectivity index (χ0) is 22.2. The number of rotatable bonds is 3. The Morgan fingerprint density at radius 3 is 2.59 bits per heavy atom. The van der Waals surface area contributed by atoms with Gasteiger partial charge in [0.2, 0.25) is 0 Å². The van der Waals surface area contributed by atoms with Crippen LogP contribution in [0.3, 0.4) is 0 Å². The summed E-state index contributed by atoms with van der Waals surface area (Å²) in [6.07, 6.45) is 0.784. The molecule has 5 heteroatoms. The summed E-state index contributed by atoms with van der Waals surface area (Å²) < 4.78 is 5.46. The average molecular weight is 426 g/mol. The Hall–Kier alpha value is -3.73. The molecule has 0 radical (unpaired) electrons. The van der Waals surface area contributed by atoms with Gasteiger partial charge in [0, 0.05) is 28.8 Å². The number of urea groups is 1. The molecule has 0 fully saturated rings. The SMILES string of the molecule is COc1ccc2[nH]c3c(c2c1)CCN(C(=O)Nc1ccccc1C)C3c1ccc(C)cc1. The zero-order valence-electron chi connectivity index (χ0n) is 18.6. The van der Waals surface area contributed by atoms with Crippen molar-refractivity contribution in [1.82, 2.24) is 9.88 Å². The van der Waals surface area contributed by atoms with Gasteiger partial charge in [-0.25, -0.2) is 4.79 Å². The Labute approximate surface area is 188 Å². The summed E-state index contributed by atoms with van der Waals surface area (Å²) in [4.78, 5) is 19.0. The van der Waals surface area contributed by atoms with E-state index in [2.05, 4.69) is 53.6 Å². The van der Waals surface area contributed by atoms with E-state index in [1.54, 1.807) is 7.11 Å². The number of aromatic amines is 1. The normalized spacial score (nSPS) is 15.5. The van der Waals surface area contributed by atoms with Crippen LogP contribution in [0.25, 0.3) is 10.9 Å². The molecule has 4 aromatic rings. The molecule has 2 N–H and O–H groups in total. The highest BCUT2D eigenvalue weighted by Gasteiger charge is 2.34. The monoisotopic (exact) mass is 425 g/mol. The highest BCUT2D eigenvalue weighted by molar-refractivity contribution is 5.92. The largest absolute Gasteiger partial charge is 0.497 e. The fourth-order valence-electron chi connectivity index (χ4n) is 4.61. The molecule has 0 saturated carbocycles. The van der Waals surface area contributed by atoms with Crippen molar-refractivity contribution in [2.45, 2.75) is 26.3 Å². The number of carbonyl (C=O) groups is 1. The van der Waals surface area contributed by atoms with Crippen LogP contribution in [0.15, 0.2) is 66.7 Å². The fraction of sp³-hybridized carbons (Fsp3) is 0.222. The molecular formula is C27H27N3O2. The highest BCUT2D eigenvalue weighted by Crippen LogP contribution is 2.39. The van der Waals surface area contributed by atoms with Crippen molar-refractivity contribution in [1.29, 1.82) is 0 Å². The third-order valence-corrected chi connectivity index (χ3v) is 6.37. The lowest BCUT2D eigenvalue weighted by Crippen LogP contribution is -2.43. The number of nitrogens with zero attached hydrogens (tertiary/aromatic N) is 1. The van der Waals surface area contributed by atoms with Gasteiger partial charge in [-0.2, -0.15) is 0 Å². The first-order valence-corrected chi connectivity index (χ1v) is 10.9. The van der Waals surface area contributed by atoms with Crippen molar-refractivity contribution in [3.05, 3.63) is 94.7 Å². The van der Waals surface area contributed by atoms with Gasteiger partial charge >= 0.3 is 6.03 Å². The van der Waals surface area contributed by atoms with Crippen molar-refractivity contribution in [2.75, 3.05) is 19.0 Å². The number of aromatic nitrogens is 1. The number of hydrogen-bond donors (Lipinski definition) is 2. The van der Waals surface area contributed by atoms with Crippen LogP contribution < -0.4 is 10.1 Å². The van der Waals surface area contributed by atoms with E-state index in [9.17, 15) is 4.79 Å². The summed E-state index contributed by atoms with van der Waals surface area (Å²) >= 11 is 0. The Balaban J connectivity index is 1.59. The van der Waals surface area contributed by atoms with Crippen molar-refractivity contribution in [3.63, 3.8) is 0 Å². The van der Waals surface area contributed by atoms with Crippen LogP contribution in [0.5, 0.6) is 5.75 Å². The van der Waals surface area contributed by atoms with Gasteiger partial charge in [0.05, 0.1) is 13.2 Å². The van der Waals surface area contributed by atoms with Crippen molar-refractivity contribution < 1.29 is 9.53 Å². The standard InChI is InChI=1S/C27H27N3O2/c1-17-8-10-19(11-9-17)26-25-21(22-16-20(32-3)12-13-24(22)28-25)14-15-30(26)27(31)29-23-7-5-4-6-18(23)2/h4-13,16,26,28H,14-15H2,1-3H3,(H,29,31). The van der Waals surface area contributed by atoms with E-state index in [1.165, 1.54) is 11.1 Å². The smallest absolute Gasteiger partial charge is 0.322 e. The first-order valence-electron chi connectivity index (χ1n) is 10.9. The molecule has 1 atom stereocenters. The van der Waals surface area contributed by atoms with Gasteiger partial charge in [0.15, 0.2) is 0 Å². The molecule has 1 aromatic heterocycles. The summed E-state index contributed by atoms with van der Waals surface area (Å²) in [7, 11) is 1.69. The van der Waals surface area contributed by atoms with E-state index in [4.69, 9.17) is 4.74 Å². The molecule has 162 valence electrons. The van der Waals surface area contributed by atoms with E-state index in [1.807, 2.05) is 42.2 Å². The van der Waals surface area contributed by atoms with Crippen molar-refractivity contribution >= 4 is 22.6 Å². The number of hydrogen-bond acceptors (Lipinski definition) is 2. The zero-order valence-corrected chi connectivity index (χ0v) is 18.6. The quantitative estimate of drug-likeness (QED) is 0.425. The molecule has 5 nitrogen and oxygen atoms in total. The maximum Gasteiger partial charge on any atom is 0.322 e. The van der Waals surface area contributed by atoms with E-state index in [0.29, 0.717) is 6.54 Å². The second-order valence-electron chi connectivity index (χ2n) is 8.43. The minimum atomic E-state index is -0.193. The summed E-state index contributed by atoms with van der Waals surface area (Å²) in [6, 6.07) is 22.1. The number of aryl methyl sites for hydroxylation is 2. The number of benzene rings is 3. The van der Waals surface area contributed by atoms with Crippen LogP contribution in [-0.2, 0) is 6.42 Å². The topological polar surface area (TPSA) is 57.4 Å². The molecule has 2 heterocycles. The fourth-order valence-corrected chi connectivity index (χ4v) is 4.61. The Morgan fingerprint density at radius 1 is 1.06 bits per heavy atom. The molecule has 3 aromatic carbocycles. The molecule has 1 unspecified atom stereocenters. The maximum atomic E-state index is 13.5. The predicted octanol–water partition coefficient (Wildman–Crippen LogP) is 5.97. The Morgan fingerprint density at radius 2 is 1.84 bits per heavy atom. The first-order chi connectivity index (χ1) is 15.5. The molecule has 0 saturated heterocycles. The van der Waals surface area contributed by atoms with E-state index < -0.39 is 0 Å². The summed E-state index contributed by atoms with van der Waals surface area (Å²) in [5.41, 5.74) is 7.56.